The van der Waals surface area contributed by atoms with Crippen LogP contribution in [0.15, 0.2) is 42.6 Å². The third-order valence-electron chi connectivity index (χ3n) is 3.42. The van der Waals surface area contributed by atoms with Gasteiger partial charge in [0.1, 0.15) is 28.7 Å². The molecule has 1 heterocycles. The molecule has 1 aromatic heterocycles. The number of hydrogen-bond acceptors (Lipinski definition) is 4. The molecule has 8 heteroatoms. The van der Waals surface area contributed by atoms with E-state index < -0.39 is 17.5 Å². The molecular weight excluding hydrogens is 355 g/mol. The summed E-state index contributed by atoms with van der Waals surface area (Å²) in [6.45, 7) is 0. The lowest BCUT2D eigenvalue weighted by atomic mass is 10.1. The van der Waals surface area contributed by atoms with Gasteiger partial charge in [0.15, 0.2) is 0 Å². The number of fused-ring (bicyclic) bond motifs is 1. The summed E-state index contributed by atoms with van der Waals surface area (Å²) in [5, 5.41) is 10.3. The van der Waals surface area contributed by atoms with Crippen LogP contribution in [0, 0.1) is 11.3 Å². The molecule has 3 rings (SSSR count). The molecular formula is C17H9ClF3N3O. The van der Waals surface area contributed by atoms with E-state index >= 15 is 0 Å². The topological polar surface area (TPSA) is 71.9 Å². The first-order chi connectivity index (χ1) is 11.8. The van der Waals surface area contributed by atoms with Crippen LogP contribution in [-0.4, -0.2) is 4.98 Å². The summed E-state index contributed by atoms with van der Waals surface area (Å²) in [4.78, 5) is 4.06. The summed E-state index contributed by atoms with van der Waals surface area (Å²) in [5.74, 6) is -0.494. The van der Waals surface area contributed by atoms with Gasteiger partial charge in [-0.05, 0) is 36.4 Å². The highest BCUT2D eigenvalue weighted by atomic mass is 35.5. The highest BCUT2D eigenvalue weighted by molar-refractivity contribution is 6.31. The minimum absolute atomic E-state index is 0.0131. The highest BCUT2D eigenvalue weighted by Crippen LogP contribution is 2.40. The normalized spacial score (nSPS) is 11.3. The van der Waals surface area contributed by atoms with Crippen LogP contribution in [0.5, 0.6) is 11.5 Å². The molecule has 0 atom stereocenters. The van der Waals surface area contributed by atoms with Crippen molar-refractivity contribution >= 4 is 28.2 Å². The second-order valence-electron chi connectivity index (χ2n) is 5.13. The Morgan fingerprint density at radius 2 is 1.84 bits per heavy atom. The van der Waals surface area contributed by atoms with E-state index in [2.05, 4.69) is 4.98 Å². The van der Waals surface area contributed by atoms with Gasteiger partial charge in [0.25, 0.3) is 0 Å². The summed E-state index contributed by atoms with van der Waals surface area (Å²) < 4.78 is 44.9. The number of nitrogens with two attached hydrogens (primary N) is 1. The molecule has 2 aromatic carbocycles. The zero-order valence-corrected chi connectivity index (χ0v) is 13.2. The number of hydrogen-bond donors (Lipinski definition) is 1. The lowest BCUT2D eigenvalue weighted by Crippen LogP contribution is -2.08. The molecule has 0 saturated carbocycles. The molecule has 126 valence electrons. The number of rotatable bonds is 2. The highest BCUT2D eigenvalue weighted by Gasteiger charge is 2.35. The quantitative estimate of drug-likeness (QED) is 0.639. The van der Waals surface area contributed by atoms with Gasteiger partial charge in [-0.25, -0.2) is 0 Å². The number of alkyl halides is 3. The number of aromatic nitrogens is 1. The summed E-state index contributed by atoms with van der Waals surface area (Å²) in [5.41, 5.74) is 4.66. The molecule has 0 bridgehead atoms. The Bertz CT molecular complexity index is 1010. The average molecular weight is 364 g/mol. The Morgan fingerprint density at radius 1 is 1.12 bits per heavy atom. The van der Waals surface area contributed by atoms with E-state index in [4.69, 9.17) is 22.1 Å². The second-order valence-corrected chi connectivity index (χ2v) is 5.57. The average Bonchev–Trinajstić information content (AvgIpc) is 2.55. The summed E-state index contributed by atoms with van der Waals surface area (Å²) in [6.07, 6.45) is -3.31. The molecule has 25 heavy (non-hydrogen) atoms. The van der Waals surface area contributed by atoms with E-state index in [9.17, 15) is 18.4 Å². The van der Waals surface area contributed by atoms with Gasteiger partial charge in [-0.2, -0.15) is 18.4 Å². The van der Waals surface area contributed by atoms with Gasteiger partial charge in [-0.1, -0.05) is 11.6 Å². The fraction of sp³-hybridized carbons (Fsp3) is 0.0588. The first-order valence-electron chi connectivity index (χ1n) is 6.92. The molecule has 0 aliphatic rings. The molecule has 0 aliphatic carbocycles. The number of nitrogens with zero attached hydrogens (tertiary/aromatic N) is 2. The van der Waals surface area contributed by atoms with Crippen molar-refractivity contribution in [2.75, 3.05) is 5.73 Å². The van der Waals surface area contributed by atoms with Crippen molar-refractivity contribution in [2.45, 2.75) is 6.18 Å². The van der Waals surface area contributed by atoms with E-state index in [0.29, 0.717) is 10.4 Å². The van der Waals surface area contributed by atoms with E-state index in [0.717, 1.165) is 12.1 Å². The van der Waals surface area contributed by atoms with Crippen molar-refractivity contribution in [2.24, 2.45) is 0 Å². The number of benzene rings is 2. The maximum Gasteiger partial charge on any atom is 0.420 e. The van der Waals surface area contributed by atoms with Crippen molar-refractivity contribution < 1.29 is 17.9 Å². The SMILES string of the molecule is N#Cc1c(Oc2ccc(N)cc2C(F)(F)F)ccc2cc(Cl)cnc12. The molecule has 0 unspecified atom stereocenters. The van der Waals surface area contributed by atoms with Gasteiger partial charge >= 0.3 is 6.18 Å². The largest absolute Gasteiger partial charge is 0.455 e. The van der Waals surface area contributed by atoms with E-state index in [-0.39, 0.29) is 22.5 Å². The smallest absolute Gasteiger partial charge is 0.420 e. The third-order valence-corrected chi connectivity index (χ3v) is 3.63. The van der Waals surface area contributed by atoms with Crippen LogP contribution < -0.4 is 10.5 Å². The predicted molar refractivity (Wildman–Crippen MR) is 87.4 cm³/mol. The molecule has 0 spiro atoms. The second kappa shape index (κ2) is 6.15. The molecule has 0 fully saturated rings. The van der Waals surface area contributed by atoms with Gasteiger partial charge in [-0.15, -0.1) is 0 Å². The van der Waals surface area contributed by atoms with Gasteiger partial charge in [0.05, 0.1) is 10.5 Å². The molecule has 0 radical (unpaired) electrons. The summed E-state index contributed by atoms with van der Waals surface area (Å²) >= 11 is 5.86. The van der Waals surface area contributed by atoms with Crippen LogP contribution in [0.4, 0.5) is 18.9 Å². The van der Waals surface area contributed by atoms with E-state index in [1.165, 1.54) is 18.3 Å². The van der Waals surface area contributed by atoms with Crippen LogP contribution in [0.25, 0.3) is 10.9 Å². The number of nitrogen functional groups attached to an aromatic ring is 1. The van der Waals surface area contributed by atoms with Crippen molar-refractivity contribution in [3.8, 4) is 17.6 Å². The van der Waals surface area contributed by atoms with Crippen LogP contribution in [0.2, 0.25) is 5.02 Å². The lowest BCUT2D eigenvalue weighted by molar-refractivity contribution is -0.138. The third kappa shape index (κ3) is 3.30. The van der Waals surface area contributed by atoms with E-state index in [1.54, 1.807) is 12.1 Å². The molecule has 0 amide bonds. The molecule has 0 saturated heterocycles. The minimum atomic E-state index is -4.65. The van der Waals surface area contributed by atoms with Crippen LogP contribution in [-0.2, 0) is 6.18 Å². The summed E-state index contributed by atoms with van der Waals surface area (Å²) in [7, 11) is 0. The van der Waals surface area contributed by atoms with Crippen molar-refractivity contribution in [1.29, 1.82) is 5.26 Å². The first-order valence-corrected chi connectivity index (χ1v) is 7.30. The van der Waals surface area contributed by atoms with Crippen LogP contribution in [0.1, 0.15) is 11.1 Å². The zero-order chi connectivity index (χ0) is 18.2. The number of nitriles is 1. The van der Waals surface area contributed by atoms with Crippen molar-refractivity contribution in [1.82, 2.24) is 4.98 Å². The Labute approximate surface area is 145 Å². The van der Waals surface area contributed by atoms with Crippen LogP contribution in [0.3, 0.4) is 0 Å². The van der Waals surface area contributed by atoms with Gasteiger partial charge in [0, 0.05) is 17.3 Å². The fourth-order valence-electron chi connectivity index (χ4n) is 2.33. The minimum Gasteiger partial charge on any atom is -0.455 e. The number of ether oxygens (including phenoxy) is 1. The zero-order valence-electron chi connectivity index (χ0n) is 12.4. The van der Waals surface area contributed by atoms with Gasteiger partial charge in [0.2, 0.25) is 0 Å². The van der Waals surface area contributed by atoms with Crippen LogP contribution >= 0.6 is 11.6 Å². The van der Waals surface area contributed by atoms with Crippen molar-refractivity contribution in [3.05, 3.63) is 58.7 Å². The first kappa shape index (κ1) is 16.9. The molecule has 3 aromatic rings. The van der Waals surface area contributed by atoms with Crippen molar-refractivity contribution in [3.63, 3.8) is 0 Å². The standard InChI is InChI=1S/C17H9ClF3N3O/c18-10-5-9-1-3-14(12(7-22)16(9)24-8-10)25-15-4-2-11(23)6-13(15)17(19,20)21/h1-6,8H,23H2. The number of anilines is 1. The Hall–Kier alpha value is -2.98. The number of pyridine rings is 1. The Morgan fingerprint density at radius 3 is 2.52 bits per heavy atom. The summed E-state index contributed by atoms with van der Waals surface area (Å²) in [6, 6.07) is 9.65. The maximum absolute atomic E-state index is 13.2. The Balaban J connectivity index is 2.14. The Kier molecular flexibility index (Phi) is 4.15. The van der Waals surface area contributed by atoms with E-state index in [1.807, 2.05) is 6.07 Å². The molecule has 4 nitrogen and oxygen atoms in total. The van der Waals surface area contributed by atoms with Gasteiger partial charge in [-0.3, -0.25) is 4.98 Å². The van der Waals surface area contributed by atoms with Gasteiger partial charge < -0.3 is 10.5 Å². The molecule has 2 N–H and O–H groups in total. The number of halogens is 4. The predicted octanol–water partition coefficient (Wildman–Crippen LogP) is 5.15. The lowest BCUT2D eigenvalue weighted by Gasteiger charge is -2.15. The maximum atomic E-state index is 13.2. The fourth-order valence-corrected chi connectivity index (χ4v) is 2.49. The molecule has 0 aliphatic heterocycles. The monoisotopic (exact) mass is 363 g/mol.